The van der Waals surface area contributed by atoms with Gasteiger partial charge in [0.25, 0.3) is 6.71 Å². The minimum atomic E-state index is 0.0238. The Morgan fingerprint density at radius 1 is 0.431 bits per heavy atom. The van der Waals surface area contributed by atoms with Crippen molar-refractivity contribution in [1.29, 1.82) is 0 Å². The zero-order valence-electron chi connectivity index (χ0n) is 37.0. The van der Waals surface area contributed by atoms with Gasteiger partial charge in [-0.1, -0.05) is 163 Å². The number of hydrogen-bond donors (Lipinski definition) is 0. The Hall–Kier alpha value is -4.95. The molecule has 2 nitrogen and oxygen atoms in total. The molecule has 0 atom stereocenters. The van der Waals surface area contributed by atoms with E-state index in [1.54, 1.807) is 0 Å². The molecular weight excluding hydrogens is 698 g/mol. The van der Waals surface area contributed by atoms with Gasteiger partial charge in [0.2, 0.25) is 0 Å². The predicted molar refractivity (Wildman–Crippen MR) is 255 cm³/mol. The lowest BCUT2D eigenvalue weighted by Gasteiger charge is -2.52. The van der Waals surface area contributed by atoms with Gasteiger partial charge in [-0.3, -0.25) is 0 Å². The maximum Gasteiger partial charge on any atom is 0.329 e. The van der Waals surface area contributed by atoms with Crippen LogP contribution in [0.4, 0.5) is 28.4 Å². The van der Waals surface area contributed by atoms with Crippen molar-refractivity contribution in [3.63, 3.8) is 0 Å². The first kappa shape index (κ1) is 37.3. The van der Waals surface area contributed by atoms with Gasteiger partial charge in [-0.15, -0.1) is 0 Å². The fraction of sp³-hybridized carbons (Fsp3) is 0.333. The molecule has 0 unspecified atom stereocenters. The predicted octanol–water partition coefficient (Wildman–Crippen LogP) is 11.3. The summed E-state index contributed by atoms with van der Waals surface area (Å²) >= 11 is 0. The first-order valence-electron chi connectivity index (χ1n) is 21.8. The number of fused-ring (bicyclic) bond motifs is 9. The Morgan fingerprint density at radius 2 is 0.948 bits per heavy atom. The second-order valence-corrected chi connectivity index (χ2v) is 21.5. The van der Waals surface area contributed by atoms with Crippen LogP contribution in [-0.4, -0.2) is 13.6 Å². The average Bonchev–Trinajstić information content (AvgIpc) is 3.17. The summed E-state index contributed by atoms with van der Waals surface area (Å²) in [6.07, 6.45) is 0. The van der Waals surface area contributed by atoms with Crippen LogP contribution in [0.25, 0.3) is 22.3 Å². The second-order valence-electron chi connectivity index (χ2n) is 21.5. The summed E-state index contributed by atoms with van der Waals surface area (Å²) < 4.78 is 0. The maximum absolute atomic E-state index is 2.82. The van der Waals surface area contributed by atoms with Crippen molar-refractivity contribution >= 4 is 69.3 Å². The number of rotatable bonds is 3. The molecule has 0 N–H and O–H groups in total. The quantitative estimate of drug-likeness (QED) is 0.166. The molecule has 0 saturated carbocycles. The highest BCUT2D eigenvalue weighted by molar-refractivity contribution is 7.03. The standard InChI is InChI=1S/C54H58B2N2/c1-31(2)33-14-24-47-45(27-33)55-46-28-34(32(3)4)26-42-40-22-18-37(54(11,12)13)30-44(40)56-43-29-36(53(8,9)10)17-21-39(43)41-23-25-48(49(55)51(41)58(56)50(42)46)57(47)38-19-15-35(16-20-38)52(5,6)7/h14-32H,1-13H3. The largest absolute Gasteiger partial charge is 0.377 e. The van der Waals surface area contributed by atoms with Crippen LogP contribution in [0.1, 0.15) is 130 Å². The Kier molecular flexibility index (Phi) is 7.91. The van der Waals surface area contributed by atoms with Crippen molar-refractivity contribution in [3.05, 3.63) is 131 Å². The molecule has 0 radical (unpaired) electrons. The molecule has 10 rings (SSSR count). The molecule has 6 aromatic carbocycles. The van der Waals surface area contributed by atoms with Crippen molar-refractivity contribution in [3.8, 4) is 22.3 Å². The summed E-state index contributed by atoms with van der Waals surface area (Å²) in [6, 6.07) is 41.7. The molecule has 0 amide bonds. The number of hydrogen-bond acceptors (Lipinski definition) is 2. The summed E-state index contributed by atoms with van der Waals surface area (Å²) in [4.78, 5) is 5.40. The number of anilines is 5. The molecule has 0 saturated heterocycles. The number of nitrogens with zero attached hydrogens (tertiary/aromatic N) is 2. The van der Waals surface area contributed by atoms with Gasteiger partial charge < -0.3 is 9.71 Å². The van der Waals surface area contributed by atoms with E-state index >= 15 is 0 Å². The Morgan fingerprint density at radius 3 is 1.52 bits per heavy atom. The van der Waals surface area contributed by atoms with Gasteiger partial charge in [-0.2, -0.15) is 0 Å². The van der Waals surface area contributed by atoms with Gasteiger partial charge in [0, 0.05) is 39.6 Å². The van der Waals surface area contributed by atoms with E-state index in [-0.39, 0.29) is 29.8 Å². The maximum atomic E-state index is 2.82. The highest BCUT2D eigenvalue weighted by atomic mass is 15.2. The van der Waals surface area contributed by atoms with Crippen molar-refractivity contribution in [2.75, 3.05) is 9.71 Å². The van der Waals surface area contributed by atoms with Crippen molar-refractivity contribution in [2.45, 2.75) is 118 Å². The first-order chi connectivity index (χ1) is 27.3. The zero-order chi connectivity index (χ0) is 41.0. The van der Waals surface area contributed by atoms with E-state index in [0.717, 1.165) is 0 Å². The van der Waals surface area contributed by atoms with Crippen LogP contribution < -0.4 is 37.0 Å². The van der Waals surface area contributed by atoms with Crippen LogP contribution in [-0.2, 0) is 16.2 Å². The van der Waals surface area contributed by atoms with Gasteiger partial charge >= 0.3 is 6.85 Å². The molecule has 58 heavy (non-hydrogen) atoms. The minimum absolute atomic E-state index is 0.0238. The van der Waals surface area contributed by atoms with Crippen molar-refractivity contribution < 1.29 is 0 Å². The Balaban J connectivity index is 1.37. The Bertz CT molecular complexity index is 2700. The van der Waals surface area contributed by atoms with Gasteiger partial charge in [0.1, 0.15) is 0 Å². The molecule has 4 aliphatic heterocycles. The molecule has 6 aromatic rings. The van der Waals surface area contributed by atoms with E-state index in [1.807, 2.05) is 0 Å². The fourth-order valence-electron chi connectivity index (χ4n) is 10.4. The smallest absolute Gasteiger partial charge is 0.329 e. The molecular formula is C54H58B2N2. The molecule has 0 aliphatic carbocycles. The molecule has 4 heteroatoms. The van der Waals surface area contributed by atoms with Crippen LogP contribution in [0.15, 0.2) is 103 Å². The topological polar surface area (TPSA) is 6.48 Å². The van der Waals surface area contributed by atoms with Crippen LogP contribution >= 0.6 is 0 Å². The normalized spacial score (nSPS) is 14.8. The first-order valence-corrected chi connectivity index (χ1v) is 21.8. The van der Waals surface area contributed by atoms with Crippen LogP contribution in [0, 0.1) is 0 Å². The molecule has 0 aromatic heterocycles. The highest BCUT2D eigenvalue weighted by Crippen LogP contribution is 2.52. The minimum Gasteiger partial charge on any atom is -0.377 e. The van der Waals surface area contributed by atoms with E-state index in [4.69, 9.17) is 0 Å². The molecule has 0 bridgehead atoms. The summed E-state index contributed by atoms with van der Waals surface area (Å²) in [5.41, 5.74) is 26.3. The van der Waals surface area contributed by atoms with Gasteiger partial charge in [-0.25, -0.2) is 0 Å². The summed E-state index contributed by atoms with van der Waals surface area (Å²) in [6.45, 7) is 30.6. The molecule has 0 spiro atoms. The zero-order valence-corrected chi connectivity index (χ0v) is 37.0. The fourth-order valence-corrected chi connectivity index (χ4v) is 10.4. The van der Waals surface area contributed by atoms with Crippen LogP contribution in [0.2, 0.25) is 0 Å². The molecule has 290 valence electrons. The highest BCUT2D eigenvalue weighted by Gasteiger charge is 2.52. The monoisotopic (exact) mass is 756 g/mol. The summed E-state index contributed by atoms with van der Waals surface area (Å²) in [7, 11) is 0. The lowest BCUT2D eigenvalue weighted by Crippen LogP contribution is -2.69. The van der Waals surface area contributed by atoms with Gasteiger partial charge in [0.15, 0.2) is 0 Å². The lowest BCUT2D eigenvalue weighted by molar-refractivity contribution is 0.590. The summed E-state index contributed by atoms with van der Waals surface area (Å²) in [5.74, 6) is 0.812. The molecule has 4 aliphatic rings. The van der Waals surface area contributed by atoms with Gasteiger partial charge in [-0.05, 0) is 125 Å². The van der Waals surface area contributed by atoms with E-state index in [9.17, 15) is 0 Å². The third-order valence-electron chi connectivity index (χ3n) is 13.9. The van der Waals surface area contributed by atoms with Crippen molar-refractivity contribution in [2.24, 2.45) is 0 Å². The van der Waals surface area contributed by atoms with E-state index in [2.05, 4.69) is 203 Å². The summed E-state index contributed by atoms with van der Waals surface area (Å²) in [5, 5.41) is 0. The lowest BCUT2D eigenvalue weighted by atomic mass is 9.30. The van der Waals surface area contributed by atoms with E-state index in [0.29, 0.717) is 11.8 Å². The van der Waals surface area contributed by atoms with Gasteiger partial charge in [0.05, 0.1) is 0 Å². The molecule has 4 heterocycles. The third kappa shape index (κ3) is 5.32. The van der Waals surface area contributed by atoms with Crippen LogP contribution in [0.3, 0.4) is 0 Å². The third-order valence-corrected chi connectivity index (χ3v) is 13.9. The number of benzene rings is 6. The SMILES string of the molecule is CC(C)c1ccc2c(c1)B1c3cc(C(C)C)cc4c3N3B(c5cc(C(C)(C)C)ccc5-4)c4cc(C(C)(C)C)ccc4-c4ccc(c1c43)N2c1ccc(C(C)(C)C)cc1. The second kappa shape index (κ2) is 12.3. The van der Waals surface area contributed by atoms with Crippen molar-refractivity contribution in [1.82, 2.24) is 0 Å². The average molecular weight is 757 g/mol. The molecule has 0 fully saturated rings. The van der Waals surface area contributed by atoms with Crippen LogP contribution in [0.5, 0.6) is 0 Å². The van der Waals surface area contributed by atoms with E-state index < -0.39 is 0 Å². The Labute approximate surface area is 348 Å². The van der Waals surface area contributed by atoms with E-state index in [1.165, 1.54) is 106 Å².